The summed E-state index contributed by atoms with van der Waals surface area (Å²) >= 11 is 5.15. The van der Waals surface area contributed by atoms with Crippen molar-refractivity contribution in [3.63, 3.8) is 0 Å². The van der Waals surface area contributed by atoms with Gasteiger partial charge in [-0.2, -0.15) is 0 Å². The number of methoxy groups -OCH3 is 1. The van der Waals surface area contributed by atoms with Crippen LogP contribution in [0.25, 0.3) is 11.0 Å². The Kier molecular flexibility index (Phi) is 3.20. The van der Waals surface area contributed by atoms with Crippen molar-refractivity contribution in [2.24, 2.45) is 0 Å². The molecule has 19 heavy (non-hydrogen) atoms. The van der Waals surface area contributed by atoms with Gasteiger partial charge >= 0.3 is 0 Å². The number of halogens is 1. The van der Waals surface area contributed by atoms with Gasteiger partial charge in [0.25, 0.3) is 0 Å². The first-order chi connectivity index (χ1) is 9.19. The molecule has 0 atom stereocenters. The molecule has 2 aromatic heterocycles. The fourth-order valence-corrected chi connectivity index (χ4v) is 3.50. The molecular weight excluding hydrogens is 326 g/mol. The average Bonchev–Trinajstić information content (AvgIpc) is 2.94. The van der Waals surface area contributed by atoms with Gasteiger partial charge in [0, 0.05) is 14.7 Å². The van der Waals surface area contributed by atoms with Crippen LogP contribution < -0.4 is 10.5 Å². The lowest BCUT2D eigenvalue weighted by Gasteiger charge is -2.05. The van der Waals surface area contributed by atoms with Crippen molar-refractivity contribution in [2.75, 3.05) is 12.8 Å². The number of hydrogen-bond acceptors (Lipinski definition) is 4. The molecule has 3 aromatic rings. The van der Waals surface area contributed by atoms with E-state index in [9.17, 15) is 0 Å². The number of nitrogens with two attached hydrogens (primary N) is 1. The predicted molar refractivity (Wildman–Crippen MR) is 81.8 cm³/mol. The molecule has 0 aliphatic carbocycles. The van der Waals surface area contributed by atoms with E-state index in [0.717, 1.165) is 21.3 Å². The second-order valence-electron chi connectivity index (χ2n) is 4.12. The Morgan fingerprint density at radius 1 is 1.47 bits per heavy atom. The Morgan fingerprint density at radius 2 is 2.32 bits per heavy atom. The maximum absolute atomic E-state index is 6.02. The number of nitrogens with zero attached hydrogens (tertiary/aromatic N) is 2. The zero-order valence-corrected chi connectivity index (χ0v) is 12.7. The zero-order chi connectivity index (χ0) is 13.4. The molecule has 0 aliphatic heterocycles. The average molecular weight is 338 g/mol. The van der Waals surface area contributed by atoms with Crippen LogP contribution in [0.2, 0.25) is 0 Å². The van der Waals surface area contributed by atoms with Gasteiger partial charge in [0.05, 0.1) is 19.2 Å². The molecule has 0 saturated heterocycles. The van der Waals surface area contributed by atoms with Gasteiger partial charge in [0.1, 0.15) is 11.3 Å². The monoisotopic (exact) mass is 337 g/mol. The predicted octanol–water partition coefficient (Wildman–Crippen LogP) is 3.50. The largest absolute Gasteiger partial charge is 0.494 e. The molecule has 0 aliphatic rings. The summed E-state index contributed by atoms with van der Waals surface area (Å²) in [5.74, 6) is 1.25. The Hall–Kier alpha value is -1.53. The van der Waals surface area contributed by atoms with Gasteiger partial charge in [-0.05, 0) is 34.1 Å². The lowest BCUT2D eigenvalue weighted by molar-refractivity contribution is 0.419. The van der Waals surface area contributed by atoms with Gasteiger partial charge in [0.15, 0.2) is 0 Å². The quantitative estimate of drug-likeness (QED) is 0.795. The lowest BCUT2D eigenvalue weighted by atomic mass is 10.3. The first-order valence-electron chi connectivity index (χ1n) is 5.70. The second-order valence-corrected chi connectivity index (χ2v) is 6.03. The maximum Gasteiger partial charge on any atom is 0.201 e. The molecule has 0 unspecified atom stereocenters. The molecule has 0 radical (unpaired) electrons. The van der Waals surface area contributed by atoms with Gasteiger partial charge < -0.3 is 15.0 Å². The highest BCUT2D eigenvalue weighted by molar-refractivity contribution is 9.10. The molecule has 1 aromatic carbocycles. The van der Waals surface area contributed by atoms with Gasteiger partial charge in [-0.1, -0.05) is 6.07 Å². The van der Waals surface area contributed by atoms with Crippen molar-refractivity contribution in [1.82, 2.24) is 9.55 Å². The molecule has 2 N–H and O–H groups in total. The van der Waals surface area contributed by atoms with Gasteiger partial charge in [-0.15, -0.1) is 11.3 Å². The van der Waals surface area contributed by atoms with Gasteiger partial charge in [-0.25, -0.2) is 4.98 Å². The van der Waals surface area contributed by atoms with Crippen LogP contribution in [0.15, 0.2) is 34.1 Å². The number of para-hydroxylation sites is 1. The number of rotatable bonds is 3. The third-order valence-electron chi connectivity index (χ3n) is 2.93. The number of anilines is 1. The smallest absolute Gasteiger partial charge is 0.201 e. The Balaban J connectivity index is 2.10. The van der Waals surface area contributed by atoms with Crippen molar-refractivity contribution in [3.8, 4) is 5.75 Å². The number of ether oxygens (including phenoxy) is 1. The molecule has 0 spiro atoms. The number of hydrogen-bond donors (Lipinski definition) is 1. The highest BCUT2D eigenvalue weighted by Crippen LogP contribution is 2.29. The summed E-state index contributed by atoms with van der Waals surface area (Å²) < 4.78 is 8.40. The molecule has 6 heteroatoms. The SMILES string of the molecule is COc1cccc2c1nc(N)n2Cc1cc(Br)cs1. The van der Waals surface area contributed by atoms with Crippen molar-refractivity contribution in [2.45, 2.75) is 6.54 Å². The molecule has 0 fully saturated rings. The topological polar surface area (TPSA) is 53.1 Å². The minimum Gasteiger partial charge on any atom is -0.494 e. The van der Waals surface area contributed by atoms with E-state index in [0.29, 0.717) is 12.5 Å². The van der Waals surface area contributed by atoms with Crippen molar-refractivity contribution in [1.29, 1.82) is 0 Å². The van der Waals surface area contributed by atoms with E-state index in [4.69, 9.17) is 10.5 Å². The van der Waals surface area contributed by atoms with Crippen LogP contribution in [0, 0.1) is 0 Å². The van der Waals surface area contributed by atoms with E-state index in [1.54, 1.807) is 18.4 Å². The normalized spacial score (nSPS) is 11.1. The highest BCUT2D eigenvalue weighted by atomic mass is 79.9. The van der Waals surface area contributed by atoms with Crippen LogP contribution in [0.1, 0.15) is 4.88 Å². The molecule has 2 heterocycles. The van der Waals surface area contributed by atoms with Crippen LogP contribution in [0.3, 0.4) is 0 Å². The van der Waals surface area contributed by atoms with Crippen molar-refractivity contribution in [3.05, 3.63) is 39.0 Å². The minimum absolute atomic E-state index is 0.504. The minimum atomic E-state index is 0.504. The summed E-state index contributed by atoms with van der Waals surface area (Å²) in [6, 6.07) is 7.93. The maximum atomic E-state index is 6.02. The summed E-state index contributed by atoms with van der Waals surface area (Å²) in [4.78, 5) is 5.62. The standard InChI is InChI=1S/C13H12BrN3OS/c1-18-11-4-2-3-10-12(11)16-13(15)17(10)6-9-5-8(14)7-19-9/h2-5,7H,6H2,1H3,(H2,15,16). The molecule has 4 nitrogen and oxygen atoms in total. The number of aromatic nitrogens is 2. The van der Waals surface area contributed by atoms with Crippen LogP contribution >= 0.6 is 27.3 Å². The Bertz CT molecular complexity index is 735. The van der Waals surface area contributed by atoms with Crippen LogP contribution in [0.5, 0.6) is 5.75 Å². The van der Waals surface area contributed by atoms with E-state index in [2.05, 4.69) is 32.4 Å². The summed E-state index contributed by atoms with van der Waals surface area (Å²) in [7, 11) is 1.64. The van der Waals surface area contributed by atoms with E-state index < -0.39 is 0 Å². The Labute approximate surface area is 123 Å². The fraction of sp³-hybridized carbons (Fsp3) is 0.154. The van der Waals surface area contributed by atoms with E-state index >= 15 is 0 Å². The van der Waals surface area contributed by atoms with Crippen LogP contribution in [-0.4, -0.2) is 16.7 Å². The third kappa shape index (κ3) is 2.21. The van der Waals surface area contributed by atoms with Crippen LogP contribution in [-0.2, 0) is 6.54 Å². The van der Waals surface area contributed by atoms with Crippen molar-refractivity contribution < 1.29 is 4.74 Å². The Morgan fingerprint density at radius 3 is 3.00 bits per heavy atom. The highest BCUT2D eigenvalue weighted by Gasteiger charge is 2.12. The summed E-state index contributed by atoms with van der Waals surface area (Å²) in [5.41, 5.74) is 7.81. The number of fused-ring (bicyclic) bond motifs is 1. The number of nitrogen functional groups attached to an aromatic ring is 1. The first kappa shape index (κ1) is 12.5. The summed E-state index contributed by atoms with van der Waals surface area (Å²) in [6.07, 6.45) is 0. The van der Waals surface area contributed by atoms with Crippen LogP contribution in [0.4, 0.5) is 5.95 Å². The zero-order valence-electron chi connectivity index (χ0n) is 10.3. The first-order valence-corrected chi connectivity index (χ1v) is 7.38. The number of thiophene rings is 1. The molecule has 3 rings (SSSR count). The fourth-order valence-electron chi connectivity index (χ4n) is 2.06. The van der Waals surface area contributed by atoms with E-state index in [1.807, 2.05) is 22.8 Å². The van der Waals surface area contributed by atoms with Gasteiger partial charge in [-0.3, -0.25) is 0 Å². The van der Waals surface area contributed by atoms with Crippen molar-refractivity contribution >= 4 is 44.2 Å². The molecule has 0 saturated carbocycles. The molecular formula is C13H12BrN3OS. The lowest BCUT2D eigenvalue weighted by Crippen LogP contribution is -2.03. The molecule has 98 valence electrons. The van der Waals surface area contributed by atoms with E-state index in [-0.39, 0.29) is 0 Å². The molecule has 0 amide bonds. The summed E-state index contributed by atoms with van der Waals surface area (Å²) in [6.45, 7) is 0.714. The van der Waals surface area contributed by atoms with E-state index in [1.165, 1.54) is 4.88 Å². The summed E-state index contributed by atoms with van der Waals surface area (Å²) in [5, 5.41) is 2.06. The van der Waals surface area contributed by atoms with Gasteiger partial charge in [0.2, 0.25) is 5.95 Å². The number of imidazole rings is 1. The second kappa shape index (κ2) is 4.86. The third-order valence-corrected chi connectivity index (χ3v) is 4.61. The molecule has 0 bridgehead atoms. The number of benzene rings is 1.